The third-order valence-electron chi connectivity index (χ3n) is 3.47. The zero-order valence-corrected chi connectivity index (χ0v) is 12.1. The van der Waals surface area contributed by atoms with E-state index in [0.29, 0.717) is 12.3 Å². The highest BCUT2D eigenvalue weighted by molar-refractivity contribution is 6.02. The molecule has 1 fully saturated rings. The molecule has 1 aromatic carbocycles. The van der Waals surface area contributed by atoms with Crippen molar-refractivity contribution in [3.05, 3.63) is 35.6 Å². The number of hydrogen-bond acceptors (Lipinski definition) is 4. The molecule has 1 N–H and O–H groups in total. The third kappa shape index (κ3) is 4.82. The summed E-state index contributed by atoms with van der Waals surface area (Å²) >= 11 is 0. The minimum absolute atomic E-state index is 0.294. The summed E-state index contributed by atoms with van der Waals surface area (Å²) in [5, 5.41) is 4.12. The lowest BCUT2D eigenvalue weighted by Gasteiger charge is -2.26. The van der Waals surface area contributed by atoms with Crippen molar-refractivity contribution in [3.8, 4) is 0 Å². The van der Waals surface area contributed by atoms with E-state index in [9.17, 15) is 9.18 Å². The fourth-order valence-corrected chi connectivity index (χ4v) is 2.32. The average Bonchev–Trinajstić information content (AvgIpc) is 2.53. The molecular formula is C15H20FN3O2. The van der Waals surface area contributed by atoms with Crippen LogP contribution < -0.4 is 5.43 Å². The van der Waals surface area contributed by atoms with Crippen molar-refractivity contribution in [2.75, 3.05) is 26.7 Å². The van der Waals surface area contributed by atoms with Crippen LogP contribution in [-0.2, 0) is 4.74 Å². The molecule has 6 heteroatoms. The molecule has 1 aromatic rings. The molecule has 0 aromatic heterocycles. The molecule has 0 saturated carbocycles. The molecule has 1 heterocycles. The third-order valence-corrected chi connectivity index (χ3v) is 3.47. The first-order valence-electron chi connectivity index (χ1n) is 7.08. The molecule has 0 radical (unpaired) electrons. The molecule has 0 spiro atoms. The van der Waals surface area contributed by atoms with Gasteiger partial charge >= 0.3 is 6.09 Å². The quantitative estimate of drug-likeness (QED) is 0.685. The predicted molar refractivity (Wildman–Crippen MR) is 78.8 cm³/mol. The number of methoxy groups -OCH3 is 1. The number of rotatable bonds is 4. The Labute approximate surface area is 123 Å². The molecule has 2 rings (SSSR count). The number of nitrogens with zero attached hydrogens (tertiary/aromatic N) is 2. The second-order valence-electron chi connectivity index (χ2n) is 5.01. The maximum absolute atomic E-state index is 13.0. The number of hydrazone groups is 1. The number of hydrogen-bond donors (Lipinski definition) is 1. The second kappa shape index (κ2) is 7.73. The number of ether oxygens (including phenoxy) is 1. The van der Waals surface area contributed by atoms with E-state index in [2.05, 4.69) is 20.2 Å². The van der Waals surface area contributed by atoms with Crippen LogP contribution in [0, 0.1) is 5.82 Å². The van der Waals surface area contributed by atoms with Gasteiger partial charge in [-0.15, -0.1) is 0 Å². The topological polar surface area (TPSA) is 53.9 Å². The van der Waals surface area contributed by atoms with Gasteiger partial charge in [0.2, 0.25) is 0 Å². The van der Waals surface area contributed by atoms with E-state index in [4.69, 9.17) is 0 Å². The Morgan fingerprint density at radius 3 is 2.57 bits per heavy atom. The molecule has 1 amide bonds. The highest BCUT2D eigenvalue weighted by Gasteiger charge is 2.14. The largest absolute Gasteiger partial charge is 0.452 e. The monoisotopic (exact) mass is 293 g/mol. The number of benzene rings is 1. The van der Waals surface area contributed by atoms with Gasteiger partial charge in [0, 0.05) is 6.54 Å². The molecule has 21 heavy (non-hydrogen) atoms. The predicted octanol–water partition coefficient (Wildman–Crippen LogP) is 2.37. The molecule has 1 aliphatic heterocycles. The smallest absolute Gasteiger partial charge is 0.427 e. The number of piperidine rings is 1. The summed E-state index contributed by atoms with van der Waals surface area (Å²) in [5.41, 5.74) is 3.83. The van der Waals surface area contributed by atoms with E-state index in [1.54, 1.807) is 12.1 Å². The van der Waals surface area contributed by atoms with E-state index < -0.39 is 6.09 Å². The van der Waals surface area contributed by atoms with Gasteiger partial charge in [-0.2, -0.15) is 5.10 Å². The molecule has 1 saturated heterocycles. The van der Waals surface area contributed by atoms with E-state index >= 15 is 0 Å². The first-order valence-corrected chi connectivity index (χ1v) is 7.08. The molecule has 0 bridgehead atoms. The maximum atomic E-state index is 13.0. The van der Waals surface area contributed by atoms with Gasteiger partial charge in [0.15, 0.2) is 0 Å². The summed E-state index contributed by atoms with van der Waals surface area (Å²) in [4.78, 5) is 13.5. The zero-order valence-electron chi connectivity index (χ0n) is 12.1. The summed E-state index contributed by atoms with van der Waals surface area (Å²) in [5.74, 6) is -0.294. The lowest BCUT2D eigenvalue weighted by atomic mass is 10.1. The van der Waals surface area contributed by atoms with Gasteiger partial charge in [-0.05, 0) is 43.6 Å². The van der Waals surface area contributed by atoms with Gasteiger partial charge in [-0.3, -0.25) is 4.90 Å². The van der Waals surface area contributed by atoms with Crippen molar-refractivity contribution >= 4 is 11.8 Å². The first kappa shape index (κ1) is 15.4. The van der Waals surface area contributed by atoms with E-state index in [1.165, 1.54) is 38.5 Å². The summed E-state index contributed by atoms with van der Waals surface area (Å²) in [6, 6.07) is 6.10. The van der Waals surface area contributed by atoms with Gasteiger partial charge in [0.05, 0.1) is 12.8 Å². The van der Waals surface area contributed by atoms with Crippen molar-refractivity contribution in [2.45, 2.75) is 19.3 Å². The molecule has 1 aliphatic rings. The van der Waals surface area contributed by atoms with Crippen molar-refractivity contribution in [3.63, 3.8) is 0 Å². The summed E-state index contributed by atoms with van der Waals surface area (Å²) in [7, 11) is 1.28. The first-order chi connectivity index (χ1) is 10.2. The average molecular weight is 293 g/mol. The van der Waals surface area contributed by atoms with Crippen LogP contribution in [0.25, 0.3) is 0 Å². The Balaban J connectivity index is 2.12. The summed E-state index contributed by atoms with van der Waals surface area (Å²) in [6.07, 6.45) is 2.97. The molecule has 5 nitrogen and oxygen atoms in total. The number of amides is 1. The van der Waals surface area contributed by atoms with Crippen LogP contribution in [0.4, 0.5) is 9.18 Å². The van der Waals surface area contributed by atoms with Crippen molar-refractivity contribution in [1.29, 1.82) is 0 Å². The molecule has 0 atom stereocenters. The van der Waals surface area contributed by atoms with Gasteiger partial charge in [-0.25, -0.2) is 14.6 Å². The Hall–Kier alpha value is -1.95. The van der Waals surface area contributed by atoms with Crippen LogP contribution in [0.5, 0.6) is 0 Å². The lowest BCUT2D eigenvalue weighted by molar-refractivity contribution is 0.171. The zero-order chi connectivity index (χ0) is 15.1. The maximum Gasteiger partial charge on any atom is 0.427 e. The fourth-order valence-electron chi connectivity index (χ4n) is 2.32. The lowest BCUT2D eigenvalue weighted by Crippen LogP contribution is -2.36. The summed E-state index contributed by atoms with van der Waals surface area (Å²) < 4.78 is 17.6. The van der Waals surface area contributed by atoms with Gasteiger partial charge in [0.1, 0.15) is 5.82 Å². The van der Waals surface area contributed by atoms with E-state index in [1.807, 2.05) is 0 Å². The van der Waals surface area contributed by atoms with Crippen LogP contribution in [0.1, 0.15) is 24.8 Å². The van der Waals surface area contributed by atoms with E-state index in [-0.39, 0.29) is 5.82 Å². The second-order valence-corrected chi connectivity index (χ2v) is 5.01. The minimum Gasteiger partial charge on any atom is -0.452 e. The molecule has 114 valence electrons. The number of carbonyl (C=O) groups excluding carboxylic acids is 1. The van der Waals surface area contributed by atoms with Crippen molar-refractivity contribution in [1.82, 2.24) is 10.3 Å². The van der Waals surface area contributed by atoms with Crippen LogP contribution in [-0.4, -0.2) is 43.4 Å². The van der Waals surface area contributed by atoms with Crippen LogP contribution in [0.2, 0.25) is 0 Å². The Morgan fingerprint density at radius 2 is 1.95 bits per heavy atom. The van der Waals surface area contributed by atoms with Gasteiger partial charge in [-0.1, -0.05) is 18.6 Å². The van der Waals surface area contributed by atoms with Crippen LogP contribution in [0.15, 0.2) is 29.4 Å². The van der Waals surface area contributed by atoms with Gasteiger partial charge < -0.3 is 4.74 Å². The van der Waals surface area contributed by atoms with Crippen LogP contribution in [0.3, 0.4) is 0 Å². The number of likely N-dealkylation sites (tertiary alicyclic amines) is 1. The van der Waals surface area contributed by atoms with Crippen molar-refractivity contribution in [2.24, 2.45) is 5.10 Å². The number of nitrogens with one attached hydrogen (secondary N) is 1. The SMILES string of the molecule is COC(=O)N/N=C(\CN1CCCCC1)c1ccc(F)cc1. The molecule has 0 aliphatic carbocycles. The molecular weight excluding hydrogens is 273 g/mol. The molecule has 0 unspecified atom stereocenters. The fraction of sp³-hybridized carbons (Fsp3) is 0.467. The van der Waals surface area contributed by atoms with Gasteiger partial charge in [0.25, 0.3) is 0 Å². The standard InChI is InChI=1S/C15H20FN3O2/c1-21-15(20)18-17-14(11-19-9-3-2-4-10-19)12-5-7-13(16)8-6-12/h5-8H,2-4,9-11H2,1H3,(H,18,20)/b17-14+. The summed E-state index contributed by atoms with van der Waals surface area (Å²) in [6.45, 7) is 2.65. The number of halogens is 1. The van der Waals surface area contributed by atoms with E-state index in [0.717, 1.165) is 18.7 Å². The Morgan fingerprint density at radius 1 is 1.29 bits per heavy atom. The highest BCUT2D eigenvalue weighted by Crippen LogP contribution is 2.11. The minimum atomic E-state index is -0.617. The van der Waals surface area contributed by atoms with Crippen LogP contribution >= 0.6 is 0 Å². The number of carbonyl (C=O) groups is 1. The van der Waals surface area contributed by atoms with Crippen molar-refractivity contribution < 1.29 is 13.9 Å². The Bertz CT molecular complexity index is 496. The Kier molecular flexibility index (Phi) is 5.68. The highest BCUT2D eigenvalue weighted by atomic mass is 19.1. The normalized spacial score (nSPS) is 16.6.